The second-order valence-electron chi connectivity index (χ2n) is 6.00. The molecule has 1 fully saturated rings. The van der Waals surface area contributed by atoms with E-state index >= 15 is 0 Å². The van der Waals surface area contributed by atoms with Crippen molar-refractivity contribution in [2.24, 2.45) is 0 Å². The molecule has 0 aliphatic carbocycles. The second-order valence-corrected chi connectivity index (χ2v) is 6.00. The van der Waals surface area contributed by atoms with Crippen LogP contribution in [0.3, 0.4) is 0 Å². The normalized spacial score (nSPS) is 23.1. The van der Waals surface area contributed by atoms with Gasteiger partial charge in [-0.15, -0.1) is 0 Å². The number of hydrogen-bond donors (Lipinski definition) is 2. The van der Waals surface area contributed by atoms with E-state index in [2.05, 4.69) is 0 Å². The number of hydrogen-bond acceptors (Lipinski definition) is 3. The summed E-state index contributed by atoms with van der Waals surface area (Å²) in [7, 11) is 0. The highest BCUT2D eigenvalue weighted by Gasteiger charge is 2.36. The van der Waals surface area contributed by atoms with Crippen molar-refractivity contribution in [3.8, 4) is 0 Å². The fraction of sp³-hybridized carbons (Fsp3) is 0.533. The largest absolute Gasteiger partial charge is 0.391 e. The Morgan fingerprint density at radius 3 is 2.80 bits per heavy atom. The lowest BCUT2D eigenvalue weighted by molar-refractivity contribution is -0.136. The van der Waals surface area contributed by atoms with Gasteiger partial charge in [-0.1, -0.05) is 12.1 Å². The minimum absolute atomic E-state index is 0.0223. The third-order valence-electron chi connectivity index (χ3n) is 3.42. The summed E-state index contributed by atoms with van der Waals surface area (Å²) in [6, 6.07) is 5.73. The molecule has 1 aliphatic rings. The summed E-state index contributed by atoms with van der Waals surface area (Å²) in [6.07, 6.45) is -0.249. The Kier molecular flexibility index (Phi) is 4.11. The Labute approximate surface area is 117 Å². The number of nitrogens with zero attached hydrogens (tertiary/aromatic N) is 1. The first-order valence-electron chi connectivity index (χ1n) is 6.71. The molecule has 0 radical (unpaired) electrons. The summed E-state index contributed by atoms with van der Waals surface area (Å²) in [6.45, 7) is 3.35. The van der Waals surface area contributed by atoms with Crippen molar-refractivity contribution in [2.75, 3.05) is 6.54 Å². The van der Waals surface area contributed by atoms with Gasteiger partial charge in [0.1, 0.15) is 5.82 Å². The zero-order valence-electron chi connectivity index (χ0n) is 11.7. The molecular formula is C15H20FNO3. The van der Waals surface area contributed by atoms with Crippen LogP contribution in [0.1, 0.15) is 38.3 Å². The molecule has 1 heterocycles. The Balaban J connectivity index is 2.21. The third-order valence-corrected chi connectivity index (χ3v) is 3.42. The predicted molar refractivity (Wildman–Crippen MR) is 72.4 cm³/mol. The molecule has 1 saturated heterocycles. The van der Waals surface area contributed by atoms with E-state index < -0.39 is 11.7 Å². The van der Waals surface area contributed by atoms with Crippen LogP contribution in [-0.4, -0.2) is 39.3 Å². The van der Waals surface area contributed by atoms with Crippen molar-refractivity contribution in [3.05, 3.63) is 35.6 Å². The van der Waals surface area contributed by atoms with Crippen LogP contribution in [0.4, 0.5) is 4.39 Å². The highest BCUT2D eigenvalue weighted by atomic mass is 19.1. The maximum absolute atomic E-state index is 13.3. The number of aliphatic hydroxyl groups excluding tert-OH is 1. The van der Waals surface area contributed by atoms with E-state index in [9.17, 15) is 19.4 Å². The van der Waals surface area contributed by atoms with E-state index in [1.807, 2.05) is 0 Å². The molecule has 1 amide bonds. The first kappa shape index (κ1) is 14.9. The number of aliphatic hydroxyl groups is 2. The molecule has 0 spiro atoms. The van der Waals surface area contributed by atoms with Crippen molar-refractivity contribution in [1.29, 1.82) is 0 Å². The first-order chi connectivity index (χ1) is 9.26. The van der Waals surface area contributed by atoms with E-state index in [4.69, 9.17) is 0 Å². The number of carbonyl (C=O) groups is 1. The van der Waals surface area contributed by atoms with Crippen LogP contribution in [0.15, 0.2) is 24.3 Å². The number of amides is 1. The van der Waals surface area contributed by atoms with Crippen LogP contribution in [0.25, 0.3) is 0 Å². The minimum atomic E-state index is -1.10. The van der Waals surface area contributed by atoms with Gasteiger partial charge in [-0.25, -0.2) is 4.39 Å². The van der Waals surface area contributed by atoms with E-state index in [-0.39, 0.29) is 30.7 Å². The third kappa shape index (κ3) is 3.55. The molecule has 2 atom stereocenters. The quantitative estimate of drug-likeness (QED) is 0.885. The Morgan fingerprint density at radius 2 is 2.20 bits per heavy atom. The molecule has 1 aromatic rings. The molecule has 110 valence electrons. The van der Waals surface area contributed by atoms with Gasteiger partial charge < -0.3 is 15.1 Å². The number of β-amino-alcohol motifs (C(OH)–C–C–N with tert-alkyl or cyclic N) is 1. The van der Waals surface area contributed by atoms with Crippen molar-refractivity contribution >= 4 is 5.91 Å². The van der Waals surface area contributed by atoms with Gasteiger partial charge in [0.25, 0.3) is 0 Å². The van der Waals surface area contributed by atoms with Crippen molar-refractivity contribution in [3.63, 3.8) is 0 Å². The van der Waals surface area contributed by atoms with Crippen LogP contribution < -0.4 is 0 Å². The number of benzene rings is 1. The predicted octanol–water partition coefficient (Wildman–Crippen LogP) is 1.62. The number of carbonyl (C=O) groups excluding carboxylic acids is 1. The van der Waals surface area contributed by atoms with Crippen molar-refractivity contribution < 1.29 is 19.4 Å². The van der Waals surface area contributed by atoms with Gasteiger partial charge in [-0.2, -0.15) is 0 Å². The van der Waals surface area contributed by atoms with Crippen LogP contribution in [-0.2, 0) is 4.79 Å². The van der Waals surface area contributed by atoms with Crippen molar-refractivity contribution in [2.45, 2.75) is 44.4 Å². The number of rotatable bonds is 3. The van der Waals surface area contributed by atoms with Gasteiger partial charge in [0, 0.05) is 6.54 Å². The monoisotopic (exact) mass is 281 g/mol. The number of likely N-dealkylation sites (tertiary alicyclic amines) is 1. The Bertz CT molecular complexity index is 498. The second kappa shape index (κ2) is 5.50. The fourth-order valence-electron chi connectivity index (χ4n) is 2.59. The molecule has 0 bridgehead atoms. The summed E-state index contributed by atoms with van der Waals surface area (Å²) < 4.78 is 13.3. The summed E-state index contributed by atoms with van der Waals surface area (Å²) in [5.41, 5.74) is -0.428. The fourth-order valence-corrected chi connectivity index (χ4v) is 2.59. The van der Waals surface area contributed by atoms with Gasteiger partial charge in [-0.3, -0.25) is 4.79 Å². The Hall–Kier alpha value is -1.46. The van der Waals surface area contributed by atoms with Crippen molar-refractivity contribution in [1.82, 2.24) is 4.90 Å². The molecular weight excluding hydrogens is 261 g/mol. The summed E-state index contributed by atoms with van der Waals surface area (Å²) in [4.78, 5) is 13.8. The maximum atomic E-state index is 13.3. The summed E-state index contributed by atoms with van der Waals surface area (Å²) in [5.74, 6) is -0.595. The highest BCUT2D eigenvalue weighted by Crippen LogP contribution is 2.33. The molecule has 2 N–H and O–H groups in total. The lowest BCUT2D eigenvalue weighted by Crippen LogP contribution is -2.36. The smallest absolute Gasteiger partial charge is 0.226 e. The maximum Gasteiger partial charge on any atom is 0.226 e. The Morgan fingerprint density at radius 1 is 1.50 bits per heavy atom. The lowest BCUT2D eigenvalue weighted by atomic mass is 10.0. The van der Waals surface area contributed by atoms with Crippen LogP contribution in [0.2, 0.25) is 0 Å². The zero-order chi connectivity index (χ0) is 14.9. The topological polar surface area (TPSA) is 60.8 Å². The minimum Gasteiger partial charge on any atom is -0.391 e. The average Bonchev–Trinajstić information content (AvgIpc) is 2.69. The van der Waals surface area contributed by atoms with E-state index in [1.54, 1.807) is 26.0 Å². The van der Waals surface area contributed by atoms with Gasteiger partial charge in [0.15, 0.2) is 0 Å². The molecule has 2 rings (SSSR count). The SMILES string of the molecule is CC(C)(O)CC(=O)N1C[C@H](O)C[C@@H]1c1cccc(F)c1. The zero-order valence-corrected chi connectivity index (χ0v) is 11.7. The van der Waals surface area contributed by atoms with Crippen LogP contribution in [0.5, 0.6) is 0 Å². The summed E-state index contributed by atoms with van der Waals surface area (Å²) in [5, 5.41) is 19.5. The highest BCUT2D eigenvalue weighted by molar-refractivity contribution is 5.78. The van der Waals surface area contributed by atoms with Gasteiger partial charge >= 0.3 is 0 Å². The van der Waals surface area contributed by atoms with E-state index in [1.165, 1.54) is 17.0 Å². The van der Waals surface area contributed by atoms with Gasteiger partial charge in [0.05, 0.1) is 24.2 Å². The molecule has 5 heteroatoms. The van der Waals surface area contributed by atoms with Crippen LogP contribution >= 0.6 is 0 Å². The molecule has 4 nitrogen and oxygen atoms in total. The van der Waals surface area contributed by atoms with E-state index in [0.29, 0.717) is 12.0 Å². The lowest BCUT2D eigenvalue weighted by Gasteiger charge is -2.27. The molecule has 20 heavy (non-hydrogen) atoms. The molecule has 0 unspecified atom stereocenters. The molecule has 1 aromatic carbocycles. The van der Waals surface area contributed by atoms with E-state index in [0.717, 1.165) is 0 Å². The van der Waals surface area contributed by atoms with Crippen LogP contribution in [0, 0.1) is 5.82 Å². The van der Waals surface area contributed by atoms with Gasteiger partial charge in [0.2, 0.25) is 5.91 Å². The number of halogens is 1. The molecule has 1 aliphatic heterocycles. The first-order valence-corrected chi connectivity index (χ1v) is 6.71. The molecule has 0 saturated carbocycles. The standard InChI is InChI=1S/C15H20FNO3/c1-15(2,20)8-14(19)17-9-12(18)7-13(17)10-4-3-5-11(16)6-10/h3-6,12-13,18,20H,7-9H2,1-2H3/t12-,13-/m1/s1. The average molecular weight is 281 g/mol. The summed E-state index contributed by atoms with van der Waals surface area (Å²) >= 11 is 0. The molecule has 0 aromatic heterocycles. The van der Waals surface area contributed by atoms with Gasteiger partial charge in [-0.05, 0) is 38.0 Å².